The Morgan fingerprint density at radius 1 is 1.21 bits per heavy atom. The van der Waals surface area contributed by atoms with E-state index in [1.54, 1.807) is 7.11 Å². The Labute approximate surface area is 198 Å². The van der Waals surface area contributed by atoms with Crippen LogP contribution >= 0.6 is 11.5 Å². The molecule has 8 heteroatoms. The van der Waals surface area contributed by atoms with Gasteiger partial charge in [0.05, 0.1) is 12.8 Å². The number of fused-ring (bicyclic) bond motifs is 1. The number of carbonyl (C=O) groups is 1. The Balaban J connectivity index is 1.29. The molecule has 33 heavy (non-hydrogen) atoms. The zero-order chi connectivity index (χ0) is 22.8. The van der Waals surface area contributed by atoms with Gasteiger partial charge in [0, 0.05) is 37.3 Å². The van der Waals surface area contributed by atoms with Crippen LogP contribution in [0.5, 0.6) is 5.75 Å². The van der Waals surface area contributed by atoms with Crippen molar-refractivity contribution in [3.05, 3.63) is 30.5 Å². The number of anilines is 2. The van der Waals surface area contributed by atoms with Crippen LogP contribution in [0.1, 0.15) is 38.5 Å². The largest absolute Gasteiger partial charge is 0.495 e. The maximum Gasteiger partial charge on any atom is 0.223 e. The van der Waals surface area contributed by atoms with Crippen LogP contribution in [0.15, 0.2) is 30.5 Å². The first kappa shape index (κ1) is 21.9. The summed E-state index contributed by atoms with van der Waals surface area (Å²) in [5.74, 6) is 1.60. The second kappa shape index (κ2) is 9.55. The van der Waals surface area contributed by atoms with Crippen molar-refractivity contribution in [1.82, 2.24) is 14.7 Å². The van der Waals surface area contributed by atoms with E-state index >= 15 is 0 Å². The van der Waals surface area contributed by atoms with Crippen LogP contribution in [0, 0.1) is 11.8 Å². The van der Waals surface area contributed by atoms with Gasteiger partial charge in [-0.25, -0.2) is 0 Å². The minimum Gasteiger partial charge on any atom is -0.495 e. The normalized spacial score (nSPS) is 19.2. The summed E-state index contributed by atoms with van der Waals surface area (Å²) in [5.41, 5.74) is 10.4. The average molecular weight is 466 g/mol. The van der Waals surface area contributed by atoms with Gasteiger partial charge in [0.25, 0.3) is 0 Å². The van der Waals surface area contributed by atoms with Crippen molar-refractivity contribution < 1.29 is 9.53 Å². The molecule has 1 amide bonds. The lowest BCUT2D eigenvalue weighted by molar-refractivity contribution is -0.125. The van der Waals surface area contributed by atoms with Crippen LogP contribution in [-0.4, -0.2) is 42.0 Å². The Bertz CT molecular complexity index is 1140. The highest BCUT2D eigenvalue weighted by Crippen LogP contribution is 2.35. The zero-order valence-electron chi connectivity index (χ0n) is 19.0. The number of nitrogens with two attached hydrogens (primary N) is 1. The minimum atomic E-state index is 0.231. The molecule has 2 aliphatic rings. The number of carbonyl (C=O) groups excluding carboxylic acids is 1. The quantitative estimate of drug-likeness (QED) is 0.522. The molecule has 0 radical (unpaired) electrons. The third kappa shape index (κ3) is 4.62. The van der Waals surface area contributed by atoms with Crippen LogP contribution in [0.2, 0.25) is 0 Å². The van der Waals surface area contributed by atoms with E-state index in [-0.39, 0.29) is 11.8 Å². The third-order valence-electron chi connectivity index (χ3n) is 6.96. The second-order valence-corrected chi connectivity index (χ2v) is 9.97. The molecular weight excluding hydrogens is 434 g/mol. The summed E-state index contributed by atoms with van der Waals surface area (Å²) < 4.78 is 10.1. The van der Waals surface area contributed by atoms with Gasteiger partial charge in [-0.3, -0.25) is 9.78 Å². The van der Waals surface area contributed by atoms with E-state index in [1.807, 2.05) is 24.4 Å². The number of rotatable bonds is 6. The molecule has 3 aromatic rings. The minimum absolute atomic E-state index is 0.231. The summed E-state index contributed by atoms with van der Waals surface area (Å²) in [6.07, 6.45) is 8.64. The number of amides is 1. The van der Waals surface area contributed by atoms with E-state index < -0.39 is 0 Å². The van der Waals surface area contributed by atoms with Crippen LogP contribution < -0.4 is 20.7 Å². The van der Waals surface area contributed by atoms with Crippen molar-refractivity contribution in [3.63, 3.8) is 0 Å². The molecule has 1 aliphatic carbocycles. The topological polar surface area (TPSA) is 93.4 Å². The van der Waals surface area contributed by atoms with E-state index in [0.29, 0.717) is 17.4 Å². The predicted octanol–water partition coefficient (Wildman–Crippen LogP) is 4.47. The molecule has 0 bridgehead atoms. The number of aromatic nitrogens is 2. The number of nitrogen functional groups attached to an aromatic ring is 1. The highest BCUT2D eigenvalue weighted by atomic mass is 32.1. The van der Waals surface area contributed by atoms with E-state index in [2.05, 4.69) is 16.3 Å². The Kier molecular flexibility index (Phi) is 6.35. The van der Waals surface area contributed by atoms with E-state index in [4.69, 9.17) is 19.8 Å². The smallest absolute Gasteiger partial charge is 0.223 e. The lowest BCUT2D eigenvalue weighted by atomic mass is 9.97. The molecule has 1 atom stereocenters. The number of nitrogens with zero attached hydrogens (tertiary/aromatic N) is 3. The zero-order valence-corrected chi connectivity index (χ0v) is 19.9. The molecule has 2 aromatic heterocycles. The van der Waals surface area contributed by atoms with Gasteiger partial charge >= 0.3 is 0 Å². The molecule has 3 N–H and O–H groups in total. The van der Waals surface area contributed by atoms with Gasteiger partial charge in [-0.05, 0) is 66.9 Å². The van der Waals surface area contributed by atoms with Gasteiger partial charge in [-0.2, -0.15) is 4.37 Å². The number of piperidine rings is 1. The fraction of sp³-hybridized carbons (Fsp3) is 0.480. The van der Waals surface area contributed by atoms with Crippen molar-refractivity contribution in [2.45, 2.75) is 38.5 Å². The van der Waals surface area contributed by atoms with E-state index in [0.717, 1.165) is 72.5 Å². The number of benzene rings is 1. The molecule has 1 saturated heterocycles. The van der Waals surface area contributed by atoms with Crippen LogP contribution in [0.25, 0.3) is 22.2 Å². The van der Waals surface area contributed by atoms with Gasteiger partial charge in [-0.15, -0.1) is 0 Å². The first-order chi connectivity index (χ1) is 16.1. The van der Waals surface area contributed by atoms with Crippen LogP contribution in [0.4, 0.5) is 10.7 Å². The molecule has 1 unspecified atom stereocenters. The SMILES string of the molecule is COc1cc(-c2cnc3c(N4CCCC(CNC(=O)C5CCCC5)C4)snc3c2)ccc1N. The van der Waals surface area contributed by atoms with Crippen molar-refractivity contribution in [2.75, 3.05) is 37.4 Å². The van der Waals surface area contributed by atoms with Gasteiger partial charge in [-0.1, -0.05) is 18.9 Å². The van der Waals surface area contributed by atoms with E-state index in [1.165, 1.54) is 24.4 Å². The average Bonchev–Trinajstić information content (AvgIpc) is 3.53. The Morgan fingerprint density at radius 2 is 2.06 bits per heavy atom. The summed E-state index contributed by atoms with van der Waals surface area (Å²) in [6.45, 7) is 2.70. The fourth-order valence-electron chi connectivity index (χ4n) is 5.07. The summed E-state index contributed by atoms with van der Waals surface area (Å²) in [5, 5.41) is 4.35. The predicted molar refractivity (Wildman–Crippen MR) is 134 cm³/mol. The van der Waals surface area contributed by atoms with Crippen molar-refractivity contribution in [1.29, 1.82) is 0 Å². The van der Waals surface area contributed by atoms with Gasteiger partial charge in [0.1, 0.15) is 21.8 Å². The lowest BCUT2D eigenvalue weighted by Gasteiger charge is -2.33. The molecule has 7 nitrogen and oxygen atoms in total. The molecule has 1 aromatic carbocycles. The van der Waals surface area contributed by atoms with Crippen molar-refractivity contribution in [2.24, 2.45) is 11.8 Å². The second-order valence-electron chi connectivity index (χ2n) is 9.22. The van der Waals surface area contributed by atoms with Crippen molar-refractivity contribution in [3.8, 4) is 16.9 Å². The lowest BCUT2D eigenvalue weighted by Crippen LogP contribution is -2.41. The van der Waals surface area contributed by atoms with Crippen molar-refractivity contribution >= 4 is 39.2 Å². The van der Waals surface area contributed by atoms with Crippen LogP contribution in [-0.2, 0) is 4.79 Å². The fourth-order valence-corrected chi connectivity index (χ4v) is 5.92. The molecule has 1 saturated carbocycles. The highest BCUT2D eigenvalue weighted by molar-refractivity contribution is 7.11. The van der Waals surface area contributed by atoms with E-state index in [9.17, 15) is 4.79 Å². The summed E-state index contributed by atoms with van der Waals surface area (Å²) in [4.78, 5) is 19.6. The first-order valence-corrected chi connectivity index (χ1v) is 12.6. The van der Waals surface area contributed by atoms with Gasteiger partial charge < -0.3 is 20.7 Å². The number of nitrogens with one attached hydrogen (secondary N) is 1. The molecule has 1 aliphatic heterocycles. The van der Waals surface area contributed by atoms with Gasteiger partial charge in [0.2, 0.25) is 5.91 Å². The Morgan fingerprint density at radius 3 is 2.88 bits per heavy atom. The molecular formula is C25H31N5O2S. The molecule has 174 valence electrons. The molecule has 3 heterocycles. The monoisotopic (exact) mass is 465 g/mol. The molecule has 0 spiro atoms. The molecule has 2 fully saturated rings. The summed E-state index contributed by atoms with van der Waals surface area (Å²) in [7, 11) is 1.62. The van der Waals surface area contributed by atoms with Crippen LogP contribution in [0.3, 0.4) is 0 Å². The maximum absolute atomic E-state index is 12.4. The number of methoxy groups -OCH3 is 1. The summed E-state index contributed by atoms with van der Waals surface area (Å²) in [6, 6.07) is 7.84. The standard InChI is InChI=1S/C25H31N5O2S/c1-32-22-12-18(8-9-20(22)26)19-11-21-23(27-14-19)25(33-29-21)30-10-4-5-16(15-30)13-28-24(31)17-6-2-3-7-17/h8-9,11-12,14,16-17H,2-7,10,13,15,26H2,1H3,(H,28,31). The highest BCUT2D eigenvalue weighted by Gasteiger charge is 2.26. The first-order valence-electron chi connectivity index (χ1n) is 11.8. The number of hydrogen-bond acceptors (Lipinski definition) is 7. The Hall–Kier alpha value is -2.87. The number of ether oxygens (including phenoxy) is 1. The third-order valence-corrected chi connectivity index (χ3v) is 7.88. The summed E-state index contributed by atoms with van der Waals surface area (Å²) >= 11 is 1.51. The maximum atomic E-state index is 12.4. The number of pyridine rings is 1. The van der Waals surface area contributed by atoms with Gasteiger partial charge in [0.15, 0.2) is 0 Å². The number of hydrogen-bond donors (Lipinski definition) is 2. The molecule has 5 rings (SSSR count).